The summed E-state index contributed by atoms with van der Waals surface area (Å²) in [5.74, 6) is 1.38. The van der Waals surface area contributed by atoms with E-state index in [2.05, 4.69) is 11.4 Å². The molecular weight excluding hydrogens is 422 g/mol. The lowest BCUT2D eigenvalue weighted by molar-refractivity contribution is -0.131. The summed E-state index contributed by atoms with van der Waals surface area (Å²) in [6.45, 7) is 1.57. The van der Waals surface area contributed by atoms with Crippen molar-refractivity contribution in [3.05, 3.63) is 58.6 Å². The maximum absolute atomic E-state index is 12.0. The Balaban J connectivity index is 1.56. The van der Waals surface area contributed by atoms with Gasteiger partial charge in [0.05, 0.1) is 0 Å². The Bertz CT molecular complexity index is 1080. The minimum absolute atomic E-state index is 0.0451. The number of carboxylic acid groups (broad SMARTS) is 1. The van der Waals surface area contributed by atoms with Gasteiger partial charge in [0.15, 0.2) is 0 Å². The van der Waals surface area contributed by atoms with Crippen molar-refractivity contribution in [1.82, 2.24) is 0 Å². The molecule has 4 nitrogen and oxygen atoms in total. The van der Waals surface area contributed by atoms with Crippen LogP contribution in [-0.2, 0) is 15.0 Å². The first kappa shape index (κ1) is 21.3. The Morgan fingerprint density at radius 3 is 2.25 bits per heavy atom. The molecule has 166 valence electrons. The van der Waals surface area contributed by atoms with Crippen LogP contribution in [0.1, 0.15) is 56.6 Å². The number of anilines is 1. The lowest BCUT2D eigenvalue weighted by Crippen LogP contribution is -2.48. The summed E-state index contributed by atoms with van der Waals surface area (Å²) in [5, 5.41) is 12.5. The summed E-state index contributed by atoms with van der Waals surface area (Å²) >= 11 is 6.62. The predicted molar refractivity (Wildman–Crippen MR) is 128 cm³/mol. The van der Waals surface area contributed by atoms with Crippen LogP contribution < -0.4 is 5.32 Å². The Hall–Kier alpha value is -2.59. The molecule has 0 aliphatic heterocycles. The molecule has 2 aromatic rings. The Labute approximate surface area is 193 Å². The van der Waals surface area contributed by atoms with Gasteiger partial charge in [-0.15, -0.1) is 0 Å². The monoisotopic (exact) mass is 449 g/mol. The van der Waals surface area contributed by atoms with Gasteiger partial charge >= 0.3 is 5.97 Å². The van der Waals surface area contributed by atoms with Crippen molar-refractivity contribution in [2.75, 3.05) is 5.32 Å². The average molecular weight is 450 g/mol. The molecule has 0 heterocycles. The number of benzene rings is 2. The third-order valence-corrected chi connectivity index (χ3v) is 7.98. The van der Waals surface area contributed by atoms with E-state index in [0.29, 0.717) is 5.02 Å². The van der Waals surface area contributed by atoms with Gasteiger partial charge in [0.1, 0.15) is 0 Å². The summed E-state index contributed by atoms with van der Waals surface area (Å²) in [4.78, 5) is 22.8. The van der Waals surface area contributed by atoms with Crippen LogP contribution in [0.2, 0.25) is 5.02 Å². The minimum atomic E-state index is -0.987. The number of carbonyl (C=O) groups is 2. The van der Waals surface area contributed by atoms with Gasteiger partial charge in [-0.3, -0.25) is 4.79 Å². The average Bonchev–Trinajstić information content (AvgIpc) is 2.71. The van der Waals surface area contributed by atoms with Gasteiger partial charge in [-0.05, 0) is 103 Å². The van der Waals surface area contributed by atoms with E-state index in [1.807, 2.05) is 24.3 Å². The maximum atomic E-state index is 12.0. The predicted octanol–water partition coefficient (Wildman–Crippen LogP) is 6.53. The second kappa shape index (κ2) is 8.08. The zero-order valence-corrected chi connectivity index (χ0v) is 19.0. The number of amides is 1. The van der Waals surface area contributed by atoms with Crippen LogP contribution in [-0.4, -0.2) is 17.0 Å². The standard InChI is InChI=1S/C27H28ClNO3/c1-16(30)29-25-6-4-21(22-5-2-17(11-24(22)28)3-7-26(31)32)12-23(25)27-13-18-8-19(14-27)10-20(9-18)15-27/h2-7,11-12,18-20H,8-10,13-15H2,1H3,(H,29,30)(H,31,32)/b7-3+. The number of aliphatic carboxylic acids is 1. The van der Waals surface area contributed by atoms with Crippen molar-refractivity contribution < 1.29 is 14.7 Å². The molecule has 4 aliphatic rings. The van der Waals surface area contributed by atoms with Crippen LogP contribution in [0.5, 0.6) is 0 Å². The molecule has 4 fully saturated rings. The summed E-state index contributed by atoms with van der Waals surface area (Å²) in [6, 6.07) is 11.9. The van der Waals surface area contributed by atoms with Gasteiger partial charge in [0.2, 0.25) is 5.91 Å². The number of halogens is 1. The molecule has 4 saturated carbocycles. The normalized spacial score (nSPS) is 28.2. The van der Waals surface area contributed by atoms with Crippen molar-refractivity contribution in [3.63, 3.8) is 0 Å². The molecule has 1 amide bonds. The third kappa shape index (κ3) is 3.97. The van der Waals surface area contributed by atoms with E-state index in [1.54, 1.807) is 19.1 Å². The fourth-order valence-electron chi connectivity index (χ4n) is 6.93. The number of nitrogens with one attached hydrogen (secondary N) is 1. The molecule has 32 heavy (non-hydrogen) atoms. The van der Waals surface area contributed by atoms with E-state index < -0.39 is 5.97 Å². The highest BCUT2D eigenvalue weighted by Gasteiger charge is 2.52. The smallest absolute Gasteiger partial charge is 0.328 e. The van der Waals surface area contributed by atoms with Gasteiger partial charge in [-0.1, -0.05) is 29.8 Å². The van der Waals surface area contributed by atoms with Gasteiger partial charge < -0.3 is 10.4 Å². The van der Waals surface area contributed by atoms with E-state index in [0.717, 1.165) is 46.2 Å². The molecule has 4 aliphatic carbocycles. The molecule has 0 spiro atoms. The van der Waals surface area contributed by atoms with Crippen LogP contribution in [0, 0.1) is 17.8 Å². The lowest BCUT2D eigenvalue weighted by atomic mass is 9.48. The Morgan fingerprint density at radius 2 is 1.69 bits per heavy atom. The number of rotatable bonds is 5. The fourth-order valence-corrected chi connectivity index (χ4v) is 7.22. The second-order valence-corrected chi connectivity index (χ2v) is 10.5. The molecular formula is C27H28ClNO3. The van der Waals surface area contributed by atoms with Crippen molar-refractivity contribution in [2.24, 2.45) is 17.8 Å². The van der Waals surface area contributed by atoms with E-state index in [9.17, 15) is 9.59 Å². The SMILES string of the molecule is CC(=O)Nc1ccc(-c2ccc(/C=C/C(=O)O)cc2Cl)cc1C12CC3CC(CC(C3)C1)C2. The molecule has 2 N–H and O–H groups in total. The number of carboxylic acids is 1. The van der Waals surface area contributed by atoms with Gasteiger partial charge in [-0.2, -0.15) is 0 Å². The minimum Gasteiger partial charge on any atom is -0.478 e. The van der Waals surface area contributed by atoms with Crippen LogP contribution in [0.25, 0.3) is 17.2 Å². The fraction of sp³-hybridized carbons (Fsp3) is 0.407. The van der Waals surface area contributed by atoms with E-state index in [4.69, 9.17) is 16.7 Å². The van der Waals surface area contributed by atoms with Crippen LogP contribution in [0.4, 0.5) is 5.69 Å². The quantitative estimate of drug-likeness (QED) is 0.510. The van der Waals surface area contributed by atoms with Crippen molar-refractivity contribution in [3.8, 4) is 11.1 Å². The summed E-state index contributed by atoms with van der Waals surface area (Å²) in [5.41, 5.74) is 5.02. The highest BCUT2D eigenvalue weighted by molar-refractivity contribution is 6.33. The van der Waals surface area contributed by atoms with Crippen LogP contribution in [0.3, 0.4) is 0 Å². The first-order chi connectivity index (χ1) is 15.3. The topological polar surface area (TPSA) is 66.4 Å². The van der Waals surface area contributed by atoms with Crippen LogP contribution in [0.15, 0.2) is 42.5 Å². The second-order valence-electron chi connectivity index (χ2n) is 10.1. The molecule has 4 bridgehead atoms. The lowest BCUT2D eigenvalue weighted by Gasteiger charge is -2.57. The van der Waals surface area contributed by atoms with Crippen molar-refractivity contribution in [1.29, 1.82) is 0 Å². The van der Waals surface area contributed by atoms with E-state index in [1.165, 1.54) is 44.1 Å². The summed E-state index contributed by atoms with van der Waals surface area (Å²) < 4.78 is 0. The Morgan fingerprint density at radius 1 is 1.03 bits per heavy atom. The zero-order chi connectivity index (χ0) is 22.5. The maximum Gasteiger partial charge on any atom is 0.328 e. The van der Waals surface area contributed by atoms with Crippen LogP contribution >= 0.6 is 11.6 Å². The molecule has 0 unspecified atom stereocenters. The van der Waals surface area contributed by atoms with Gasteiger partial charge in [0, 0.05) is 29.3 Å². The largest absolute Gasteiger partial charge is 0.478 e. The highest BCUT2D eigenvalue weighted by Crippen LogP contribution is 2.62. The van der Waals surface area contributed by atoms with E-state index >= 15 is 0 Å². The molecule has 0 saturated heterocycles. The number of hydrogen-bond acceptors (Lipinski definition) is 2. The molecule has 0 atom stereocenters. The molecule has 5 heteroatoms. The van der Waals surface area contributed by atoms with Gasteiger partial charge in [-0.25, -0.2) is 4.79 Å². The summed E-state index contributed by atoms with van der Waals surface area (Å²) in [7, 11) is 0. The Kier molecular flexibility index (Phi) is 5.37. The summed E-state index contributed by atoms with van der Waals surface area (Å²) in [6.07, 6.45) is 10.4. The zero-order valence-electron chi connectivity index (χ0n) is 18.2. The first-order valence-electron chi connectivity index (χ1n) is 11.4. The highest BCUT2D eigenvalue weighted by atomic mass is 35.5. The van der Waals surface area contributed by atoms with Crippen molar-refractivity contribution in [2.45, 2.75) is 50.9 Å². The molecule has 6 rings (SSSR count). The number of carbonyl (C=O) groups excluding carboxylic acids is 1. The molecule has 2 aromatic carbocycles. The van der Waals surface area contributed by atoms with Gasteiger partial charge in [0.25, 0.3) is 0 Å². The van der Waals surface area contributed by atoms with Crippen molar-refractivity contribution >= 4 is 35.2 Å². The number of hydrogen-bond donors (Lipinski definition) is 2. The molecule has 0 radical (unpaired) electrons. The third-order valence-electron chi connectivity index (χ3n) is 7.66. The van der Waals surface area contributed by atoms with E-state index in [-0.39, 0.29) is 11.3 Å². The first-order valence-corrected chi connectivity index (χ1v) is 11.8. The molecule has 0 aromatic heterocycles.